The number of ketones is 4. The smallest absolute Gasteiger partial charge is 0.287 e. The van der Waals surface area contributed by atoms with E-state index in [4.69, 9.17) is 0 Å². The first-order chi connectivity index (χ1) is 12.8. The topological polar surface area (TPSA) is 110 Å². The molecule has 1 aliphatic rings. The minimum absolute atomic E-state index is 0.0261. The molecule has 0 spiro atoms. The lowest BCUT2D eigenvalue weighted by Crippen LogP contribution is -2.43. The van der Waals surface area contributed by atoms with E-state index in [0.717, 1.165) is 0 Å². The Balaban J connectivity index is 1.98. The molecule has 1 aromatic heterocycles. The van der Waals surface area contributed by atoms with E-state index in [1.54, 1.807) is 38.4 Å². The van der Waals surface area contributed by atoms with Gasteiger partial charge in [0.15, 0.2) is 5.78 Å². The Hall–Kier alpha value is -2.70. The zero-order valence-corrected chi connectivity index (χ0v) is 15.6. The van der Waals surface area contributed by atoms with Crippen LogP contribution in [0.15, 0.2) is 24.5 Å². The van der Waals surface area contributed by atoms with Crippen LogP contribution in [0.25, 0.3) is 0 Å². The normalized spacial score (nSPS) is 18.1. The molecule has 7 nitrogen and oxygen atoms in total. The van der Waals surface area contributed by atoms with E-state index in [9.17, 15) is 24.0 Å². The van der Waals surface area contributed by atoms with Crippen molar-refractivity contribution in [2.24, 2.45) is 17.8 Å². The molecular formula is C20H24N2O5. The van der Waals surface area contributed by atoms with E-state index >= 15 is 0 Å². The van der Waals surface area contributed by atoms with E-state index in [1.807, 2.05) is 0 Å². The molecule has 2 unspecified atom stereocenters. The van der Waals surface area contributed by atoms with Crippen LogP contribution in [0.4, 0.5) is 0 Å². The van der Waals surface area contributed by atoms with E-state index in [1.165, 1.54) is 0 Å². The number of hydrogen-bond donors (Lipinski definition) is 1. The van der Waals surface area contributed by atoms with E-state index in [0.29, 0.717) is 18.5 Å². The van der Waals surface area contributed by atoms with Gasteiger partial charge in [-0.3, -0.25) is 29.0 Å². The number of nitrogens with one attached hydrogen (secondary N) is 1. The van der Waals surface area contributed by atoms with Gasteiger partial charge in [0.2, 0.25) is 11.6 Å². The highest BCUT2D eigenvalue weighted by Gasteiger charge is 2.34. The predicted octanol–water partition coefficient (Wildman–Crippen LogP) is 1.09. The van der Waals surface area contributed by atoms with Gasteiger partial charge in [-0.15, -0.1) is 0 Å². The lowest BCUT2D eigenvalue weighted by molar-refractivity contribution is -0.143. The highest BCUT2D eigenvalue weighted by molar-refractivity contribution is 6.38. The van der Waals surface area contributed by atoms with Gasteiger partial charge in [-0.25, -0.2) is 0 Å². The lowest BCUT2D eigenvalue weighted by atomic mass is 9.80. The summed E-state index contributed by atoms with van der Waals surface area (Å²) in [6.45, 7) is 3.97. The Morgan fingerprint density at radius 2 is 1.81 bits per heavy atom. The molecule has 1 N–H and O–H groups in total. The van der Waals surface area contributed by atoms with Gasteiger partial charge in [-0.1, -0.05) is 13.8 Å². The largest absolute Gasteiger partial charge is 0.349 e. The fourth-order valence-electron chi connectivity index (χ4n) is 3.17. The molecule has 1 amide bonds. The molecular weight excluding hydrogens is 348 g/mol. The lowest BCUT2D eigenvalue weighted by Gasteiger charge is -2.24. The van der Waals surface area contributed by atoms with Gasteiger partial charge < -0.3 is 5.32 Å². The van der Waals surface area contributed by atoms with Gasteiger partial charge in [-0.05, 0) is 30.0 Å². The average molecular weight is 372 g/mol. The van der Waals surface area contributed by atoms with Gasteiger partial charge in [0.25, 0.3) is 5.91 Å². The van der Waals surface area contributed by atoms with Crippen LogP contribution in [0.2, 0.25) is 0 Å². The number of hydrogen-bond acceptors (Lipinski definition) is 6. The summed E-state index contributed by atoms with van der Waals surface area (Å²) in [5.41, 5.74) is 0.689. The molecule has 1 aromatic rings. The highest BCUT2D eigenvalue weighted by atomic mass is 16.2. The number of nitrogens with zero attached hydrogens (tertiary/aromatic N) is 1. The number of piperidine rings is 1. The molecule has 0 bridgehead atoms. The fraction of sp³-hybridized carbons (Fsp3) is 0.500. The summed E-state index contributed by atoms with van der Waals surface area (Å²) < 4.78 is 0. The third-order valence-electron chi connectivity index (χ3n) is 4.87. The van der Waals surface area contributed by atoms with Crippen molar-refractivity contribution in [3.63, 3.8) is 0 Å². The summed E-state index contributed by atoms with van der Waals surface area (Å²) in [5, 5.41) is 2.45. The molecule has 0 aliphatic carbocycles. The Morgan fingerprint density at radius 1 is 1.15 bits per heavy atom. The van der Waals surface area contributed by atoms with Crippen molar-refractivity contribution in [2.45, 2.75) is 39.5 Å². The summed E-state index contributed by atoms with van der Waals surface area (Å²) in [6.07, 6.45) is 3.24. The monoisotopic (exact) mass is 372 g/mol. The van der Waals surface area contributed by atoms with Gasteiger partial charge in [0.1, 0.15) is 5.78 Å². The van der Waals surface area contributed by atoms with Crippen LogP contribution in [0.1, 0.15) is 38.7 Å². The third kappa shape index (κ3) is 5.64. The number of carbonyl (C=O) groups excluding carboxylic acids is 5. The van der Waals surface area contributed by atoms with Gasteiger partial charge in [0.05, 0.1) is 0 Å². The first-order valence-electron chi connectivity index (χ1n) is 9.09. The SMILES string of the molecule is CC(C)C(CC(=O)C(=O)Cc1ccncc1)C(=O)CC1CCNC(=O)C1=O. The number of pyridine rings is 1. The number of rotatable bonds is 9. The van der Waals surface area contributed by atoms with Crippen molar-refractivity contribution in [3.05, 3.63) is 30.1 Å². The van der Waals surface area contributed by atoms with Crippen LogP contribution in [-0.2, 0) is 30.4 Å². The summed E-state index contributed by atoms with van der Waals surface area (Å²) >= 11 is 0. The second-order valence-electron chi connectivity index (χ2n) is 7.21. The zero-order chi connectivity index (χ0) is 20.0. The first-order valence-corrected chi connectivity index (χ1v) is 9.09. The van der Waals surface area contributed by atoms with Crippen molar-refractivity contribution in [1.82, 2.24) is 10.3 Å². The second-order valence-corrected chi connectivity index (χ2v) is 7.21. The molecule has 1 saturated heterocycles. The molecule has 2 atom stereocenters. The van der Waals surface area contributed by atoms with Crippen LogP contribution in [-0.4, -0.2) is 40.6 Å². The second kappa shape index (κ2) is 9.30. The molecule has 27 heavy (non-hydrogen) atoms. The van der Waals surface area contributed by atoms with Crippen LogP contribution in [0.5, 0.6) is 0 Å². The Morgan fingerprint density at radius 3 is 2.44 bits per heavy atom. The van der Waals surface area contributed by atoms with Crippen molar-refractivity contribution >= 4 is 29.0 Å². The molecule has 7 heteroatoms. The average Bonchev–Trinajstić information content (AvgIpc) is 2.63. The molecule has 0 radical (unpaired) electrons. The minimum Gasteiger partial charge on any atom is -0.349 e. The van der Waals surface area contributed by atoms with Gasteiger partial charge in [0, 0.05) is 50.0 Å². The minimum atomic E-state index is -0.663. The van der Waals surface area contributed by atoms with Crippen molar-refractivity contribution in [3.8, 4) is 0 Å². The van der Waals surface area contributed by atoms with E-state index in [2.05, 4.69) is 10.3 Å². The number of aromatic nitrogens is 1. The quantitative estimate of drug-likeness (QED) is 0.650. The van der Waals surface area contributed by atoms with Crippen LogP contribution in [0, 0.1) is 17.8 Å². The van der Waals surface area contributed by atoms with Crippen molar-refractivity contribution in [2.75, 3.05) is 6.54 Å². The molecule has 0 saturated carbocycles. The standard InChI is InChI=1S/C20H24N2O5/c1-12(2)15(16(23)10-14-5-8-22-20(27)19(14)26)11-18(25)17(24)9-13-3-6-21-7-4-13/h3-4,6-7,12,14-15H,5,8-11H2,1-2H3,(H,22,27). The summed E-state index contributed by atoms with van der Waals surface area (Å²) in [5.74, 6) is -4.07. The highest BCUT2D eigenvalue weighted by Crippen LogP contribution is 2.24. The Kier molecular flexibility index (Phi) is 7.10. The molecule has 1 aliphatic heterocycles. The summed E-state index contributed by atoms with van der Waals surface area (Å²) in [7, 11) is 0. The molecule has 2 heterocycles. The van der Waals surface area contributed by atoms with Crippen LogP contribution >= 0.6 is 0 Å². The Bertz CT molecular complexity index is 742. The molecule has 2 rings (SSSR count). The van der Waals surface area contributed by atoms with Crippen LogP contribution < -0.4 is 5.32 Å². The Labute approximate surface area is 157 Å². The summed E-state index contributed by atoms with van der Waals surface area (Å²) in [4.78, 5) is 64.4. The van der Waals surface area contributed by atoms with E-state index < -0.39 is 35.1 Å². The number of Topliss-reactive ketones (excluding diaryl/α,β-unsaturated/α-hetero) is 4. The maximum Gasteiger partial charge on any atom is 0.287 e. The summed E-state index contributed by atoms with van der Waals surface area (Å²) in [6, 6.07) is 3.33. The molecule has 144 valence electrons. The predicted molar refractivity (Wildman–Crippen MR) is 96.6 cm³/mol. The fourth-order valence-corrected chi connectivity index (χ4v) is 3.17. The van der Waals surface area contributed by atoms with Crippen molar-refractivity contribution in [1.29, 1.82) is 0 Å². The maximum atomic E-state index is 12.7. The maximum absolute atomic E-state index is 12.7. The number of carbonyl (C=O) groups is 5. The van der Waals surface area contributed by atoms with Crippen LogP contribution in [0.3, 0.4) is 0 Å². The van der Waals surface area contributed by atoms with Gasteiger partial charge >= 0.3 is 0 Å². The van der Waals surface area contributed by atoms with E-state index in [-0.39, 0.29) is 31.0 Å². The molecule has 1 fully saturated rings. The van der Waals surface area contributed by atoms with Gasteiger partial charge in [-0.2, -0.15) is 0 Å². The third-order valence-corrected chi connectivity index (χ3v) is 4.87. The first kappa shape index (κ1) is 20.6. The molecule has 0 aromatic carbocycles. The zero-order valence-electron chi connectivity index (χ0n) is 15.6. The van der Waals surface area contributed by atoms with Crippen molar-refractivity contribution < 1.29 is 24.0 Å². The number of amides is 1.